The number of carbonyl (C=O) groups is 1. The van der Waals surface area contributed by atoms with Crippen LogP contribution >= 0.6 is 0 Å². The first kappa shape index (κ1) is 19.1. The average Bonchev–Trinajstić information content (AvgIpc) is 2.78. The van der Waals surface area contributed by atoms with E-state index in [1.807, 2.05) is 43.3 Å². The van der Waals surface area contributed by atoms with E-state index in [0.29, 0.717) is 25.6 Å². The van der Waals surface area contributed by atoms with Crippen molar-refractivity contribution >= 4 is 22.8 Å². The third-order valence-corrected chi connectivity index (χ3v) is 5.08. The number of amides is 1. The summed E-state index contributed by atoms with van der Waals surface area (Å²) in [5.41, 5.74) is 2.63. The lowest BCUT2D eigenvalue weighted by atomic mass is 9.97. The second-order valence-electron chi connectivity index (χ2n) is 7.14. The van der Waals surface area contributed by atoms with Gasteiger partial charge in [-0.15, -0.1) is 0 Å². The Hall–Kier alpha value is -3.22. The zero-order chi connectivity index (χ0) is 20.1. The van der Waals surface area contributed by atoms with Gasteiger partial charge >= 0.3 is 0 Å². The predicted octanol–water partition coefficient (Wildman–Crippen LogP) is 2.96. The first-order valence-electron chi connectivity index (χ1n) is 10.1. The van der Waals surface area contributed by atoms with Crippen LogP contribution in [0.15, 0.2) is 48.8 Å². The van der Waals surface area contributed by atoms with E-state index >= 15 is 0 Å². The number of rotatable bonds is 6. The molecule has 1 amide bonds. The summed E-state index contributed by atoms with van der Waals surface area (Å²) < 4.78 is 5.78. The Labute approximate surface area is 170 Å². The maximum atomic E-state index is 12.7. The van der Waals surface area contributed by atoms with Crippen molar-refractivity contribution in [2.75, 3.05) is 24.6 Å². The molecule has 0 spiro atoms. The zero-order valence-electron chi connectivity index (χ0n) is 16.5. The van der Waals surface area contributed by atoms with Crippen molar-refractivity contribution in [2.24, 2.45) is 5.92 Å². The van der Waals surface area contributed by atoms with E-state index in [2.05, 4.69) is 20.2 Å². The van der Waals surface area contributed by atoms with Crippen LogP contribution in [0.4, 0.5) is 5.82 Å². The number of piperidine rings is 1. The first-order valence-corrected chi connectivity index (χ1v) is 10.1. The first-order chi connectivity index (χ1) is 14.2. The molecule has 1 saturated heterocycles. The second kappa shape index (κ2) is 8.86. The molecule has 7 heteroatoms. The highest BCUT2D eigenvalue weighted by molar-refractivity contribution is 5.80. The number of aromatic nitrogens is 3. The number of fused-ring (bicyclic) bond motifs is 1. The van der Waals surface area contributed by atoms with Crippen molar-refractivity contribution in [3.05, 3.63) is 54.4 Å². The molecule has 0 radical (unpaired) electrons. The Morgan fingerprint density at radius 2 is 2.03 bits per heavy atom. The Morgan fingerprint density at radius 1 is 1.21 bits per heavy atom. The smallest absolute Gasteiger partial charge is 0.258 e. The summed E-state index contributed by atoms with van der Waals surface area (Å²) in [5.74, 6) is 1.21. The fraction of sp³-hybridized carbons (Fsp3) is 0.364. The minimum absolute atomic E-state index is 0.0604. The van der Waals surface area contributed by atoms with Gasteiger partial charge in [-0.1, -0.05) is 18.2 Å². The number of anilines is 1. The minimum atomic E-state index is -0.0943. The number of benzene rings is 1. The second-order valence-corrected chi connectivity index (χ2v) is 7.14. The molecule has 1 aliphatic heterocycles. The lowest BCUT2D eigenvalue weighted by Gasteiger charge is -2.33. The van der Waals surface area contributed by atoms with Crippen LogP contribution in [0.3, 0.4) is 0 Å². The number of ether oxygens (including phenoxy) is 1. The van der Waals surface area contributed by atoms with Gasteiger partial charge in [-0.25, -0.2) is 9.97 Å². The molecule has 4 rings (SSSR count). The Morgan fingerprint density at radius 3 is 2.79 bits per heavy atom. The summed E-state index contributed by atoms with van der Waals surface area (Å²) in [4.78, 5) is 28.4. The van der Waals surface area contributed by atoms with Gasteiger partial charge in [0.05, 0.1) is 23.6 Å². The average molecular weight is 391 g/mol. The lowest BCUT2D eigenvalue weighted by Crippen LogP contribution is -2.43. The molecule has 0 bridgehead atoms. The van der Waals surface area contributed by atoms with Crippen LogP contribution in [0.2, 0.25) is 0 Å². The van der Waals surface area contributed by atoms with Gasteiger partial charge in [0.15, 0.2) is 5.82 Å². The SMILES string of the molecule is CCOc1nc2ccccc2nc1N1CCC[C@@H](C(=O)NCc2cccnc2)C1. The number of pyridine rings is 1. The zero-order valence-corrected chi connectivity index (χ0v) is 16.5. The highest BCUT2D eigenvalue weighted by Crippen LogP contribution is 2.30. The van der Waals surface area contributed by atoms with Crippen LogP contribution < -0.4 is 15.0 Å². The molecular formula is C22H25N5O2. The molecule has 0 saturated carbocycles. The number of carbonyl (C=O) groups excluding carboxylic acids is 1. The Balaban J connectivity index is 1.50. The molecule has 1 atom stereocenters. The van der Waals surface area contributed by atoms with Crippen molar-refractivity contribution in [2.45, 2.75) is 26.3 Å². The number of para-hydroxylation sites is 2. The number of nitrogens with one attached hydrogen (secondary N) is 1. The number of hydrogen-bond donors (Lipinski definition) is 1. The summed E-state index contributed by atoms with van der Waals surface area (Å²) in [6.07, 6.45) is 5.28. The number of nitrogens with zero attached hydrogens (tertiary/aromatic N) is 4. The van der Waals surface area contributed by atoms with Gasteiger partial charge in [0, 0.05) is 32.0 Å². The maximum Gasteiger partial charge on any atom is 0.258 e. The van der Waals surface area contributed by atoms with E-state index in [-0.39, 0.29) is 11.8 Å². The van der Waals surface area contributed by atoms with E-state index in [1.54, 1.807) is 12.4 Å². The van der Waals surface area contributed by atoms with Gasteiger partial charge in [0.2, 0.25) is 5.91 Å². The summed E-state index contributed by atoms with van der Waals surface area (Å²) in [6, 6.07) is 11.6. The molecule has 1 fully saturated rings. The highest BCUT2D eigenvalue weighted by Gasteiger charge is 2.28. The van der Waals surface area contributed by atoms with Crippen LogP contribution in [0.25, 0.3) is 11.0 Å². The fourth-order valence-electron chi connectivity index (χ4n) is 3.63. The quantitative estimate of drug-likeness (QED) is 0.696. The predicted molar refractivity (Wildman–Crippen MR) is 112 cm³/mol. The molecule has 3 aromatic rings. The molecule has 2 aromatic heterocycles. The molecule has 1 N–H and O–H groups in total. The van der Waals surface area contributed by atoms with Crippen molar-refractivity contribution < 1.29 is 9.53 Å². The Bertz CT molecular complexity index is 979. The molecule has 0 unspecified atom stereocenters. The van der Waals surface area contributed by atoms with Crippen LogP contribution in [-0.2, 0) is 11.3 Å². The largest absolute Gasteiger partial charge is 0.475 e. The van der Waals surface area contributed by atoms with E-state index in [0.717, 1.165) is 41.8 Å². The summed E-state index contributed by atoms with van der Waals surface area (Å²) in [7, 11) is 0. The molecule has 1 aromatic carbocycles. The van der Waals surface area contributed by atoms with Gasteiger partial charge < -0.3 is 15.0 Å². The minimum Gasteiger partial charge on any atom is -0.475 e. The molecule has 1 aliphatic rings. The number of hydrogen-bond acceptors (Lipinski definition) is 6. The van der Waals surface area contributed by atoms with Crippen molar-refractivity contribution in [1.82, 2.24) is 20.3 Å². The third kappa shape index (κ3) is 4.45. The van der Waals surface area contributed by atoms with Crippen LogP contribution in [0.5, 0.6) is 5.88 Å². The maximum absolute atomic E-state index is 12.7. The molecule has 150 valence electrons. The van der Waals surface area contributed by atoms with Crippen LogP contribution in [0.1, 0.15) is 25.3 Å². The van der Waals surface area contributed by atoms with Gasteiger partial charge in [-0.05, 0) is 43.5 Å². The van der Waals surface area contributed by atoms with Crippen LogP contribution in [-0.4, -0.2) is 40.6 Å². The summed E-state index contributed by atoms with van der Waals surface area (Å²) in [5, 5.41) is 3.04. The topological polar surface area (TPSA) is 80.2 Å². The molecule has 3 heterocycles. The van der Waals surface area contributed by atoms with Crippen molar-refractivity contribution in [3.8, 4) is 5.88 Å². The van der Waals surface area contributed by atoms with Crippen LogP contribution in [0, 0.1) is 5.92 Å². The van der Waals surface area contributed by atoms with E-state index < -0.39 is 0 Å². The van der Waals surface area contributed by atoms with Gasteiger partial charge in [0.1, 0.15) is 0 Å². The molecular weight excluding hydrogens is 366 g/mol. The summed E-state index contributed by atoms with van der Waals surface area (Å²) >= 11 is 0. The fourth-order valence-corrected chi connectivity index (χ4v) is 3.63. The van der Waals surface area contributed by atoms with E-state index in [9.17, 15) is 4.79 Å². The van der Waals surface area contributed by atoms with Crippen molar-refractivity contribution in [1.29, 1.82) is 0 Å². The Kier molecular flexibility index (Phi) is 5.84. The molecule has 0 aliphatic carbocycles. The third-order valence-electron chi connectivity index (χ3n) is 5.08. The molecule has 7 nitrogen and oxygen atoms in total. The lowest BCUT2D eigenvalue weighted by molar-refractivity contribution is -0.125. The van der Waals surface area contributed by atoms with Gasteiger partial charge in [-0.3, -0.25) is 9.78 Å². The van der Waals surface area contributed by atoms with E-state index in [1.165, 1.54) is 0 Å². The highest BCUT2D eigenvalue weighted by atomic mass is 16.5. The normalized spacial score (nSPS) is 16.6. The van der Waals surface area contributed by atoms with E-state index in [4.69, 9.17) is 9.72 Å². The molecule has 29 heavy (non-hydrogen) atoms. The van der Waals surface area contributed by atoms with Gasteiger partial charge in [-0.2, -0.15) is 0 Å². The van der Waals surface area contributed by atoms with Gasteiger partial charge in [0.25, 0.3) is 5.88 Å². The van der Waals surface area contributed by atoms with Crippen molar-refractivity contribution in [3.63, 3.8) is 0 Å². The monoisotopic (exact) mass is 391 g/mol. The standard InChI is InChI=1S/C22H25N5O2/c1-2-29-22-20(25-18-9-3-4-10-19(18)26-22)27-12-6-8-17(15-27)21(28)24-14-16-7-5-11-23-13-16/h3-5,7,9-11,13,17H,2,6,8,12,14-15H2,1H3,(H,24,28)/t17-/m1/s1. The summed E-state index contributed by atoms with van der Waals surface area (Å²) in [6.45, 7) is 4.38.